The van der Waals surface area contributed by atoms with Gasteiger partial charge in [0, 0.05) is 0 Å². The lowest BCUT2D eigenvalue weighted by Crippen LogP contribution is -2.30. The van der Waals surface area contributed by atoms with Gasteiger partial charge in [-0.05, 0) is 43.9 Å². The normalized spacial score (nSPS) is 34.9. The molecule has 0 spiro atoms. The molecule has 1 N–H and O–H groups in total. The molecule has 3 unspecified atom stereocenters. The van der Waals surface area contributed by atoms with Crippen LogP contribution in [0.3, 0.4) is 0 Å². The molecule has 0 heterocycles. The number of aliphatic carboxylic acids is 1. The Morgan fingerprint density at radius 2 is 1.76 bits per heavy atom. The predicted molar refractivity (Wildman–Crippen MR) is 68.8 cm³/mol. The van der Waals surface area contributed by atoms with E-state index < -0.39 is 5.97 Å². The van der Waals surface area contributed by atoms with Gasteiger partial charge in [-0.1, -0.05) is 37.8 Å². The first-order valence-electron chi connectivity index (χ1n) is 7.18. The first-order valence-corrected chi connectivity index (χ1v) is 7.18. The fourth-order valence-electron chi connectivity index (χ4n) is 3.52. The molecule has 0 radical (unpaired) electrons. The first kappa shape index (κ1) is 12.7. The summed E-state index contributed by atoms with van der Waals surface area (Å²) in [6, 6.07) is 0. The first-order chi connectivity index (χ1) is 8.29. The lowest BCUT2D eigenvalue weighted by atomic mass is 9.71. The van der Waals surface area contributed by atoms with Crippen LogP contribution in [0.5, 0.6) is 0 Å². The molecule has 0 aromatic carbocycles. The minimum atomic E-state index is -0.559. The minimum absolute atomic E-state index is 0.0944. The lowest BCUT2D eigenvalue weighted by Gasteiger charge is -2.33. The Labute approximate surface area is 104 Å². The van der Waals surface area contributed by atoms with E-state index in [2.05, 4.69) is 12.2 Å². The highest BCUT2D eigenvalue weighted by atomic mass is 16.4. The lowest BCUT2D eigenvalue weighted by molar-refractivity contribution is -0.145. The van der Waals surface area contributed by atoms with E-state index in [0.29, 0.717) is 11.8 Å². The molecular formula is C15H24O2. The zero-order valence-electron chi connectivity index (χ0n) is 10.6. The molecule has 0 amide bonds. The summed E-state index contributed by atoms with van der Waals surface area (Å²) in [6.07, 6.45) is 15.0. The van der Waals surface area contributed by atoms with Gasteiger partial charge < -0.3 is 5.11 Å². The van der Waals surface area contributed by atoms with Crippen LogP contribution < -0.4 is 0 Å². The number of rotatable bonds is 1. The van der Waals surface area contributed by atoms with Gasteiger partial charge in [-0.25, -0.2) is 0 Å². The van der Waals surface area contributed by atoms with E-state index in [9.17, 15) is 9.90 Å². The van der Waals surface area contributed by atoms with Gasteiger partial charge in [0.15, 0.2) is 0 Å². The van der Waals surface area contributed by atoms with Gasteiger partial charge >= 0.3 is 5.97 Å². The van der Waals surface area contributed by atoms with Crippen molar-refractivity contribution >= 4 is 5.97 Å². The molecule has 0 bridgehead atoms. The van der Waals surface area contributed by atoms with E-state index in [0.717, 1.165) is 19.3 Å². The zero-order chi connectivity index (χ0) is 12.1. The van der Waals surface area contributed by atoms with E-state index >= 15 is 0 Å². The average Bonchev–Trinajstić information content (AvgIpc) is 2.24. The van der Waals surface area contributed by atoms with Crippen LogP contribution >= 0.6 is 0 Å². The summed E-state index contributed by atoms with van der Waals surface area (Å²) in [5.74, 6) is 0.264. The van der Waals surface area contributed by atoms with Crippen molar-refractivity contribution in [1.29, 1.82) is 0 Å². The van der Waals surface area contributed by atoms with Gasteiger partial charge in [-0.3, -0.25) is 4.79 Å². The van der Waals surface area contributed by atoms with Crippen LogP contribution in [-0.4, -0.2) is 11.1 Å². The van der Waals surface area contributed by atoms with Crippen molar-refractivity contribution in [3.63, 3.8) is 0 Å². The summed E-state index contributed by atoms with van der Waals surface area (Å²) in [5, 5.41) is 9.43. The van der Waals surface area contributed by atoms with Crippen molar-refractivity contribution < 1.29 is 9.90 Å². The van der Waals surface area contributed by atoms with Gasteiger partial charge in [0.1, 0.15) is 0 Å². The molecule has 3 atom stereocenters. The minimum Gasteiger partial charge on any atom is -0.481 e. The second-order valence-electron chi connectivity index (χ2n) is 5.62. The standard InChI is InChI=1S/C15H24O2/c16-15(17)14-11-7-3-5-9-12-8-4-1-2-6-10-13(12)14/h4,8,12-14H,1-3,5-7,9-11H2,(H,16,17). The number of carboxylic acid groups (broad SMARTS) is 1. The SMILES string of the molecule is O=C(O)C1CCCCCC2C=CCCCCC21. The highest BCUT2D eigenvalue weighted by Gasteiger charge is 2.33. The molecule has 1 fully saturated rings. The summed E-state index contributed by atoms with van der Waals surface area (Å²) in [5.41, 5.74) is 0. The Balaban J connectivity index is 2.16. The third-order valence-electron chi connectivity index (χ3n) is 4.48. The molecule has 17 heavy (non-hydrogen) atoms. The van der Waals surface area contributed by atoms with Crippen molar-refractivity contribution in [2.45, 2.75) is 57.8 Å². The molecule has 0 saturated heterocycles. The molecule has 1 saturated carbocycles. The van der Waals surface area contributed by atoms with Gasteiger partial charge in [0.05, 0.1) is 5.92 Å². The number of carboxylic acids is 1. The van der Waals surface area contributed by atoms with Crippen molar-refractivity contribution in [3.05, 3.63) is 12.2 Å². The molecule has 2 aliphatic rings. The monoisotopic (exact) mass is 236 g/mol. The summed E-state index contributed by atoms with van der Waals surface area (Å²) < 4.78 is 0. The van der Waals surface area contributed by atoms with E-state index in [1.165, 1.54) is 38.5 Å². The largest absolute Gasteiger partial charge is 0.481 e. The molecule has 2 aliphatic carbocycles. The van der Waals surface area contributed by atoms with E-state index in [-0.39, 0.29) is 5.92 Å². The second-order valence-corrected chi connectivity index (χ2v) is 5.62. The molecule has 96 valence electrons. The molecule has 0 aliphatic heterocycles. The van der Waals surface area contributed by atoms with Crippen LogP contribution in [0.15, 0.2) is 12.2 Å². The maximum Gasteiger partial charge on any atom is 0.306 e. The van der Waals surface area contributed by atoms with Crippen molar-refractivity contribution in [3.8, 4) is 0 Å². The topological polar surface area (TPSA) is 37.3 Å². The van der Waals surface area contributed by atoms with Crippen molar-refractivity contribution in [1.82, 2.24) is 0 Å². The van der Waals surface area contributed by atoms with Crippen LogP contribution in [0.2, 0.25) is 0 Å². The summed E-state index contributed by atoms with van der Waals surface area (Å²) in [4.78, 5) is 11.4. The maximum absolute atomic E-state index is 11.4. The van der Waals surface area contributed by atoms with Crippen LogP contribution in [0.25, 0.3) is 0 Å². The molecule has 0 aromatic heterocycles. The fourth-order valence-corrected chi connectivity index (χ4v) is 3.52. The molecule has 2 heteroatoms. The Morgan fingerprint density at radius 3 is 2.59 bits per heavy atom. The number of carbonyl (C=O) groups is 1. The molecule has 2 nitrogen and oxygen atoms in total. The Kier molecular flexibility index (Phi) is 4.64. The number of hydrogen-bond acceptors (Lipinski definition) is 1. The van der Waals surface area contributed by atoms with Crippen molar-refractivity contribution in [2.75, 3.05) is 0 Å². The summed E-state index contributed by atoms with van der Waals surface area (Å²) in [7, 11) is 0. The number of hydrogen-bond donors (Lipinski definition) is 1. The highest BCUT2D eigenvalue weighted by Crippen LogP contribution is 2.38. The molecular weight excluding hydrogens is 212 g/mol. The van der Waals surface area contributed by atoms with Crippen LogP contribution in [0.4, 0.5) is 0 Å². The second kappa shape index (κ2) is 6.23. The van der Waals surface area contributed by atoms with Crippen LogP contribution in [-0.2, 0) is 4.79 Å². The Bertz CT molecular complexity index is 283. The number of fused-ring (bicyclic) bond motifs is 1. The summed E-state index contributed by atoms with van der Waals surface area (Å²) in [6.45, 7) is 0. The van der Waals surface area contributed by atoms with Gasteiger partial charge in [-0.2, -0.15) is 0 Å². The van der Waals surface area contributed by atoms with Crippen LogP contribution in [0.1, 0.15) is 57.8 Å². The predicted octanol–water partition coefficient (Wildman–Crippen LogP) is 4.01. The Hall–Kier alpha value is -0.790. The zero-order valence-corrected chi connectivity index (χ0v) is 10.6. The van der Waals surface area contributed by atoms with Crippen molar-refractivity contribution in [2.24, 2.45) is 17.8 Å². The third-order valence-corrected chi connectivity index (χ3v) is 4.48. The smallest absolute Gasteiger partial charge is 0.306 e. The van der Waals surface area contributed by atoms with Gasteiger partial charge in [0.2, 0.25) is 0 Å². The van der Waals surface area contributed by atoms with Gasteiger partial charge in [-0.15, -0.1) is 0 Å². The molecule has 2 rings (SSSR count). The van der Waals surface area contributed by atoms with E-state index in [1.54, 1.807) is 0 Å². The van der Waals surface area contributed by atoms with Gasteiger partial charge in [0.25, 0.3) is 0 Å². The molecule has 0 aromatic rings. The number of allylic oxidation sites excluding steroid dienone is 2. The third kappa shape index (κ3) is 3.34. The Morgan fingerprint density at radius 1 is 1.00 bits per heavy atom. The maximum atomic E-state index is 11.4. The summed E-state index contributed by atoms with van der Waals surface area (Å²) >= 11 is 0. The van der Waals surface area contributed by atoms with E-state index in [1.807, 2.05) is 0 Å². The highest BCUT2D eigenvalue weighted by molar-refractivity contribution is 5.70. The fraction of sp³-hybridized carbons (Fsp3) is 0.800. The quantitative estimate of drug-likeness (QED) is 0.698. The van der Waals surface area contributed by atoms with Crippen LogP contribution in [0, 0.1) is 17.8 Å². The van der Waals surface area contributed by atoms with E-state index in [4.69, 9.17) is 0 Å². The average molecular weight is 236 g/mol.